The van der Waals surface area contributed by atoms with Crippen LogP contribution in [-0.4, -0.2) is 57.9 Å². The zero-order valence-electron chi connectivity index (χ0n) is 12.1. The van der Waals surface area contributed by atoms with E-state index in [9.17, 15) is 14.2 Å². The second-order valence-corrected chi connectivity index (χ2v) is 6.33. The minimum Gasteiger partial charge on any atom is -0.472 e. The molecule has 3 heterocycles. The van der Waals surface area contributed by atoms with Crippen molar-refractivity contribution in [1.29, 1.82) is 0 Å². The van der Waals surface area contributed by atoms with Crippen LogP contribution in [0.15, 0.2) is 17.4 Å². The van der Waals surface area contributed by atoms with E-state index in [2.05, 4.69) is 15.0 Å². The van der Waals surface area contributed by atoms with E-state index in [-0.39, 0.29) is 24.5 Å². The molecule has 0 aromatic carbocycles. The molecule has 2 aromatic heterocycles. The number of hydrogen-bond donors (Lipinski definition) is 5. The molecule has 1 fully saturated rings. The number of fused-ring (bicyclic) bond motifs is 1. The average molecular weight is 362 g/mol. The highest BCUT2D eigenvalue weighted by molar-refractivity contribution is 7.69. The van der Waals surface area contributed by atoms with Crippen LogP contribution < -0.4 is 5.56 Å². The number of aliphatic hydroxyl groups excluding tert-OH is 1. The highest BCUT2D eigenvalue weighted by Gasteiger charge is 2.27. The molecule has 3 rings (SSSR count). The van der Waals surface area contributed by atoms with E-state index >= 15 is 0 Å². The van der Waals surface area contributed by atoms with Crippen molar-refractivity contribution in [2.75, 3.05) is 6.61 Å². The average Bonchev–Trinajstić information content (AvgIpc) is 3.13. The maximum atomic E-state index is 11.5. The lowest BCUT2D eigenvalue weighted by Crippen LogP contribution is -2.14. The fourth-order valence-electron chi connectivity index (χ4n) is 2.10. The molecular formula is C11H15N4O8P. The number of nitrogens with one attached hydrogen (secondary N) is 1. The topological polar surface area (TPSA) is 188 Å². The van der Waals surface area contributed by atoms with Crippen molar-refractivity contribution < 1.29 is 34.1 Å². The lowest BCUT2D eigenvalue weighted by molar-refractivity contribution is -0.0207. The first-order valence-electron chi connectivity index (χ1n) is 6.69. The number of rotatable bonds is 3. The molecule has 0 aliphatic carbocycles. The van der Waals surface area contributed by atoms with Gasteiger partial charge in [-0.2, -0.15) is 0 Å². The molecule has 1 aliphatic heterocycles. The minimum absolute atomic E-state index is 0.0111. The molecule has 0 saturated carbocycles. The summed E-state index contributed by atoms with van der Waals surface area (Å²) >= 11 is 0. The Kier molecular flexibility index (Phi) is 5.47. The van der Waals surface area contributed by atoms with Crippen LogP contribution in [-0.2, 0) is 9.30 Å². The normalized spacial score (nSPS) is 20.6. The first-order valence-corrected chi connectivity index (χ1v) is 8.31. The molecule has 5 N–H and O–H groups in total. The number of carbonyl (C=O) groups is 1. The van der Waals surface area contributed by atoms with Gasteiger partial charge in [0.1, 0.15) is 6.23 Å². The Bertz CT molecular complexity index is 827. The Morgan fingerprint density at radius 1 is 1.42 bits per heavy atom. The number of aromatic amines is 1. The first kappa shape index (κ1) is 18.2. The van der Waals surface area contributed by atoms with Crippen molar-refractivity contribution in [2.24, 2.45) is 0 Å². The Labute approximate surface area is 133 Å². The van der Waals surface area contributed by atoms with Crippen LogP contribution in [0.5, 0.6) is 0 Å². The van der Waals surface area contributed by atoms with Gasteiger partial charge in [0.15, 0.2) is 11.2 Å². The first-order chi connectivity index (χ1) is 11.2. The summed E-state index contributed by atoms with van der Waals surface area (Å²) in [5.41, 5.74) is -1.53. The quantitative estimate of drug-likeness (QED) is 0.451. The number of ether oxygens (including phenoxy) is 1. The van der Waals surface area contributed by atoms with Gasteiger partial charge in [0.25, 0.3) is 5.56 Å². The molecule has 13 heteroatoms. The zero-order valence-corrected chi connectivity index (χ0v) is 13.0. The zero-order chi connectivity index (χ0) is 17.9. The van der Waals surface area contributed by atoms with Crippen molar-refractivity contribution in [1.82, 2.24) is 19.5 Å². The van der Waals surface area contributed by atoms with E-state index in [0.717, 1.165) is 12.8 Å². The number of nitrogens with zero attached hydrogens (tertiary/aromatic N) is 3. The molecule has 0 radical (unpaired) electrons. The van der Waals surface area contributed by atoms with Crippen molar-refractivity contribution in [2.45, 2.75) is 25.2 Å². The van der Waals surface area contributed by atoms with Crippen molar-refractivity contribution in [3.63, 3.8) is 0 Å². The Hall–Kier alpha value is -2.11. The summed E-state index contributed by atoms with van der Waals surface area (Å²) < 4.78 is 16.8. The van der Waals surface area contributed by atoms with Gasteiger partial charge in [0.05, 0.1) is 25.4 Å². The summed E-state index contributed by atoms with van der Waals surface area (Å²) in [4.78, 5) is 46.5. The molecule has 1 saturated heterocycles. The van der Waals surface area contributed by atoms with Gasteiger partial charge in [-0.05, 0) is 12.8 Å². The Morgan fingerprint density at radius 2 is 2.08 bits per heavy atom. The molecule has 24 heavy (non-hydrogen) atoms. The Balaban J connectivity index is 0.000000256. The van der Waals surface area contributed by atoms with E-state index < -0.39 is 13.3 Å². The van der Waals surface area contributed by atoms with Gasteiger partial charge in [0.2, 0.25) is 0 Å². The van der Waals surface area contributed by atoms with Crippen LogP contribution in [0.2, 0.25) is 0 Å². The third-order valence-corrected chi connectivity index (χ3v) is 3.71. The second kappa shape index (κ2) is 7.20. The summed E-state index contributed by atoms with van der Waals surface area (Å²) in [6.45, 7) is 0.0111. The van der Waals surface area contributed by atoms with E-state index in [4.69, 9.17) is 24.7 Å². The SMILES string of the molecule is O=C(O)P(=O)(O)O.O=c1[nH]cnc2c1ncn2[C@H]1CC[C@@H](CO)O1. The van der Waals surface area contributed by atoms with Crippen molar-refractivity contribution in [3.05, 3.63) is 23.0 Å². The van der Waals surface area contributed by atoms with Crippen LogP contribution in [0.4, 0.5) is 4.79 Å². The highest BCUT2D eigenvalue weighted by Crippen LogP contribution is 2.34. The van der Waals surface area contributed by atoms with Crippen LogP contribution in [0.1, 0.15) is 19.1 Å². The van der Waals surface area contributed by atoms with E-state index in [0.29, 0.717) is 11.2 Å². The van der Waals surface area contributed by atoms with Crippen molar-refractivity contribution in [3.8, 4) is 0 Å². The summed E-state index contributed by atoms with van der Waals surface area (Å²) in [7, 11) is -4.82. The molecule has 0 unspecified atom stereocenters. The molecule has 2 aromatic rings. The van der Waals surface area contributed by atoms with Gasteiger partial charge in [-0.1, -0.05) is 0 Å². The maximum absolute atomic E-state index is 11.5. The molecule has 0 amide bonds. The fraction of sp³-hybridized carbons (Fsp3) is 0.455. The molecular weight excluding hydrogens is 347 g/mol. The third-order valence-electron chi connectivity index (χ3n) is 3.21. The largest absolute Gasteiger partial charge is 0.472 e. The summed E-state index contributed by atoms with van der Waals surface area (Å²) in [6, 6.07) is 0. The van der Waals surface area contributed by atoms with Crippen molar-refractivity contribution >= 4 is 24.5 Å². The Morgan fingerprint density at radius 3 is 2.62 bits per heavy atom. The summed E-state index contributed by atoms with van der Waals surface area (Å²) in [5.74, 6) is 0. The van der Waals surface area contributed by atoms with Crippen LogP contribution in [0, 0.1) is 0 Å². The maximum Gasteiger partial charge on any atom is 0.433 e. The van der Waals surface area contributed by atoms with Crippen LogP contribution in [0.3, 0.4) is 0 Å². The van der Waals surface area contributed by atoms with E-state index in [1.54, 1.807) is 10.9 Å². The van der Waals surface area contributed by atoms with Gasteiger partial charge in [-0.25, -0.2) is 19.3 Å². The number of hydrogen-bond acceptors (Lipinski definition) is 7. The third kappa shape index (κ3) is 4.04. The minimum atomic E-state index is -4.82. The standard InChI is InChI=1S/C10H12N4O3.CH3O5P/c15-3-6-1-2-7(17-6)14-5-13-8-9(14)11-4-12-10(8)16;2-1(3)7(4,5)6/h4-7,15H,1-3H2,(H,11,12,16);(H,2,3)(H2,4,5,6)/t6-,7+;/m0./s1. The number of imidazole rings is 1. The monoisotopic (exact) mass is 362 g/mol. The molecule has 0 bridgehead atoms. The number of H-pyrrole nitrogens is 1. The van der Waals surface area contributed by atoms with Gasteiger partial charge in [0, 0.05) is 0 Å². The van der Waals surface area contributed by atoms with Crippen LogP contribution >= 0.6 is 7.60 Å². The van der Waals surface area contributed by atoms with Gasteiger partial charge >= 0.3 is 13.3 Å². The van der Waals surface area contributed by atoms with Gasteiger partial charge < -0.3 is 29.7 Å². The highest BCUT2D eigenvalue weighted by atomic mass is 31.2. The predicted octanol–water partition coefficient (Wildman–Crippen LogP) is -0.368. The van der Waals surface area contributed by atoms with E-state index in [1.807, 2.05) is 0 Å². The van der Waals surface area contributed by atoms with Crippen LogP contribution in [0.25, 0.3) is 11.2 Å². The number of aliphatic hydroxyl groups is 1. The molecule has 2 atom stereocenters. The molecule has 0 spiro atoms. The second-order valence-electron chi connectivity index (χ2n) is 4.85. The lowest BCUT2D eigenvalue weighted by Gasteiger charge is -2.13. The van der Waals surface area contributed by atoms with Gasteiger partial charge in [-0.15, -0.1) is 0 Å². The van der Waals surface area contributed by atoms with Gasteiger partial charge in [-0.3, -0.25) is 9.36 Å². The smallest absolute Gasteiger partial charge is 0.433 e. The number of carboxylic acid groups (broad SMARTS) is 1. The predicted molar refractivity (Wildman–Crippen MR) is 78.4 cm³/mol. The molecule has 12 nitrogen and oxygen atoms in total. The summed E-state index contributed by atoms with van der Waals surface area (Å²) in [6.07, 6.45) is 4.14. The number of aromatic nitrogens is 4. The fourth-order valence-corrected chi connectivity index (χ4v) is 2.10. The lowest BCUT2D eigenvalue weighted by atomic mass is 10.2. The molecule has 132 valence electrons. The molecule has 1 aliphatic rings. The van der Waals surface area contributed by atoms with E-state index in [1.165, 1.54) is 6.33 Å². The summed E-state index contributed by atoms with van der Waals surface area (Å²) in [5, 5.41) is 16.5.